The number of rotatable bonds is 11. The summed E-state index contributed by atoms with van der Waals surface area (Å²) in [5.74, 6) is -5.82. The van der Waals surface area contributed by atoms with Crippen LogP contribution in [0.5, 0.6) is 5.75 Å². The van der Waals surface area contributed by atoms with Gasteiger partial charge in [0.05, 0.1) is 12.6 Å². The van der Waals surface area contributed by atoms with E-state index in [1.807, 2.05) is 30.3 Å². The number of alkyl halides is 3. The highest BCUT2D eigenvalue weighted by atomic mass is 35.5. The zero-order valence-corrected chi connectivity index (χ0v) is 26.0. The second kappa shape index (κ2) is 15.5. The normalized spacial score (nSPS) is 14.0. The number of benzene rings is 3. The van der Waals surface area contributed by atoms with Crippen molar-refractivity contribution in [1.29, 1.82) is 0 Å². The fraction of sp³-hybridized carbons (Fsp3) is 0.312. The summed E-state index contributed by atoms with van der Waals surface area (Å²) in [6, 6.07) is 15.2. The Morgan fingerprint density at radius 2 is 1.60 bits per heavy atom. The van der Waals surface area contributed by atoms with E-state index in [1.165, 1.54) is 4.90 Å². The summed E-state index contributed by atoms with van der Waals surface area (Å²) in [5, 5.41) is 9.36. The SMILES string of the molecule is Cl.NC(Cc1cccc(OCc2ccccc2)c1)C(=O)NC(CC(=O)N1CCn2c(nnc2C(F)(F)F)C1)Cc1cc(F)c(F)cc1F. The van der Waals surface area contributed by atoms with Crippen molar-refractivity contribution in [2.45, 2.75) is 57.2 Å². The van der Waals surface area contributed by atoms with Crippen LogP contribution < -0.4 is 15.8 Å². The molecule has 3 N–H and O–H groups in total. The number of nitrogens with zero attached hydrogens (tertiary/aromatic N) is 4. The van der Waals surface area contributed by atoms with Crippen molar-refractivity contribution in [2.75, 3.05) is 6.54 Å². The van der Waals surface area contributed by atoms with Gasteiger partial charge in [-0.2, -0.15) is 13.2 Å². The van der Waals surface area contributed by atoms with Gasteiger partial charge in [0, 0.05) is 31.6 Å². The average molecular weight is 697 g/mol. The van der Waals surface area contributed by atoms with Crippen LogP contribution in [0, 0.1) is 17.5 Å². The predicted molar refractivity (Wildman–Crippen MR) is 163 cm³/mol. The summed E-state index contributed by atoms with van der Waals surface area (Å²) in [6.07, 6.45) is -5.51. The van der Waals surface area contributed by atoms with Crippen molar-refractivity contribution in [3.05, 3.63) is 113 Å². The highest BCUT2D eigenvalue weighted by Gasteiger charge is 2.40. The fourth-order valence-corrected chi connectivity index (χ4v) is 5.24. The van der Waals surface area contributed by atoms with Gasteiger partial charge in [-0.15, -0.1) is 22.6 Å². The molecule has 0 aliphatic carbocycles. The molecule has 2 unspecified atom stereocenters. The van der Waals surface area contributed by atoms with Crippen LogP contribution in [0.4, 0.5) is 26.3 Å². The number of amides is 2. The summed E-state index contributed by atoms with van der Waals surface area (Å²) in [4.78, 5) is 27.7. The zero-order valence-electron chi connectivity index (χ0n) is 25.2. The average Bonchev–Trinajstić information content (AvgIpc) is 3.47. The Bertz CT molecular complexity index is 1740. The standard InChI is InChI=1S/C32H30F6N6O3.ClH/c33-24-16-26(35)25(34)14-21(24)13-22(15-29(45)43-9-10-44-28(17-43)41-42-31(44)32(36,37)38)40-30(46)27(39)12-20-7-4-8-23(11-20)47-18-19-5-2-1-3-6-19;/h1-8,11,14,16,22,27H,9-10,12-13,15,17-18,39H2,(H,40,46);1H. The number of hydrogen-bond donors (Lipinski definition) is 2. The van der Waals surface area contributed by atoms with Crippen LogP contribution in [0.25, 0.3) is 0 Å². The highest BCUT2D eigenvalue weighted by molar-refractivity contribution is 5.85. The summed E-state index contributed by atoms with van der Waals surface area (Å²) < 4.78 is 88.5. The van der Waals surface area contributed by atoms with E-state index >= 15 is 0 Å². The molecule has 4 aromatic rings. The fourth-order valence-electron chi connectivity index (χ4n) is 5.24. The summed E-state index contributed by atoms with van der Waals surface area (Å²) in [5.41, 5.74) is 7.54. The Kier molecular flexibility index (Phi) is 11.7. The maximum absolute atomic E-state index is 14.6. The molecule has 48 heavy (non-hydrogen) atoms. The van der Waals surface area contributed by atoms with Crippen LogP contribution in [0.1, 0.15) is 34.8 Å². The van der Waals surface area contributed by atoms with Crippen molar-refractivity contribution < 1.29 is 40.7 Å². The number of aromatic nitrogens is 3. The molecule has 2 atom stereocenters. The van der Waals surface area contributed by atoms with Gasteiger partial charge in [0.2, 0.25) is 17.6 Å². The molecule has 3 aromatic carbocycles. The molecule has 5 rings (SSSR count). The molecule has 0 radical (unpaired) electrons. The molecule has 2 amide bonds. The first kappa shape index (κ1) is 36.2. The lowest BCUT2D eigenvalue weighted by Crippen LogP contribution is -2.49. The molecule has 0 spiro atoms. The van der Waals surface area contributed by atoms with Gasteiger partial charge in [-0.3, -0.25) is 9.59 Å². The van der Waals surface area contributed by atoms with Gasteiger partial charge in [0.1, 0.15) is 18.2 Å². The molecule has 1 aliphatic rings. The quantitative estimate of drug-likeness (QED) is 0.173. The number of fused-ring (bicyclic) bond motifs is 1. The summed E-state index contributed by atoms with van der Waals surface area (Å²) >= 11 is 0. The van der Waals surface area contributed by atoms with E-state index in [2.05, 4.69) is 15.5 Å². The van der Waals surface area contributed by atoms with Crippen LogP contribution in [0.15, 0.2) is 66.7 Å². The molecule has 1 aliphatic heterocycles. The first-order chi connectivity index (χ1) is 22.4. The molecule has 0 fully saturated rings. The van der Waals surface area contributed by atoms with E-state index in [9.17, 15) is 35.9 Å². The smallest absolute Gasteiger partial charge is 0.451 e. The van der Waals surface area contributed by atoms with Gasteiger partial charge in [-0.25, -0.2) is 13.2 Å². The van der Waals surface area contributed by atoms with E-state index in [0.717, 1.165) is 10.1 Å². The molecule has 0 saturated heterocycles. The van der Waals surface area contributed by atoms with E-state index in [4.69, 9.17) is 10.5 Å². The molecule has 2 heterocycles. The number of carbonyl (C=O) groups excluding carboxylic acids is 2. The Hall–Kier alpha value is -4.63. The summed E-state index contributed by atoms with van der Waals surface area (Å²) in [6.45, 7) is -0.303. The topological polar surface area (TPSA) is 115 Å². The second-order valence-electron chi connectivity index (χ2n) is 11.1. The predicted octanol–water partition coefficient (Wildman–Crippen LogP) is 4.74. The van der Waals surface area contributed by atoms with E-state index in [1.54, 1.807) is 24.3 Å². The number of hydrogen-bond acceptors (Lipinski definition) is 6. The third-order valence-corrected chi connectivity index (χ3v) is 7.62. The minimum Gasteiger partial charge on any atom is -0.489 e. The lowest BCUT2D eigenvalue weighted by molar-refractivity contribution is -0.148. The first-order valence-corrected chi connectivity index (χ1v) is 14.6. The van der Waals surface area contributed by atoms with Crippen LogP contribution in [-0.4, -0.2) is 50.1 Å². The van der Waals surface area contributed by atoms with Crippen LogP contribution in [0.2, 0.25) is 0 Å². The lowest BCUT2D eigenvalue weighted by Gasteiger charge is -2.30. The number of carbonyl (C=O) groups is 2. The zero-order chi connectivity index (χ0) is 33.7. The molecular weight excluding hydrogens is 666 g/mol. The monoisotopic (exact) mass is 696 g/mol. The van der Waals surface area contributed by atoms with Crippen LogP contribution >= 0.6 is 12.4 Å². The van der Waals surface area contributed by atoms with Crippen LogP contribution in [0.3, 0.4) is 0 Å². The Morgan fingerprint density at radius 1 is 0.896 bits per heavy atom. The third-order valence-electron chi connectivity index (χ3n) is 7.62. The van der Waals surface area contributed by atoms with Crippen molar-refractivity contribution >= 4 is 24.2 Å². The van der Waals surface area contributed by atoms with E-state index < -0.39 is 66.2 Å². The Labute approximate surface area is 277 Å². The van der Waals surface area contributed by atoms with Crippen molar-refractivity contribution in [3.63, 3.8) is 0 Å². The maximum atomic E-state index is 14.6. The highest BCUT2D eigenvalue weighted by Crippen LogP contribution is 2.29. The van der Waals surface area contributed by atoms with Gasteiger partial charge < -0.3 is 25.3 Å². The van der Waals surface area contributed by atoms with Crippen molar-refractivity contribution in [1.82, 2.24) is 25.0 Å². The minimum atomic E-state index is -4.73. The minimum absolute atomic E-state index is 0. The Morgan fingerprint density at radius 3 is 2.33 bits per heavy atom. The van der Waals surface area contributed by atoms with Crippen molar-refractivity contribution in [2.24, 2.45) is 5.73 Å². The van der Waals surface area contributed by atoms with E-state index in [0.29, 0.717) is 30.1 Å². The second-order valence-corrected chi connectivity index (χ2v) is 11.1. The molecule has 1 aromatic heterocycles. The first-order valence-electron chi connectivity index (χ1n) is 14.6. The van der Waals surface area contributed by atoms with Crippen molar-refractivity contribution in [3.8, 4) is 5.75 Å². The lowest BCUT2D eigenvalue weighted by atomic mass is 10.00. The van der Waals surface area contributed by atoms with Crippen LogP contribution in [-0.2, 0) is 48.3 Å². The van der Waals surface area contributed by atoms with Gasteiger partial charge in [0.15, 0.2) is 17.5 Å². The number of nitrogens with one attached hydrogen (secondary N) is 1. The van der Waals surface area contributed by atoms with Gasteiger partial charge in [-0.05, 0) is 47.7 Å². The Balaban J connectivity index is 0.00000520. The number of halogens is 7. The maximum Gasteiger partial charge on any atom is 0.451 e. The molecule has 256 valence electrons. The van der Waals surface area contributed by atoms with Gasteiger partial charge in [0.25, 0.3) is 0 Å². The summed E-state index contributed by atoms with van der Waals surface area (Å²) in [7, 11) is 0. The molecule has 0 saturated carbocycles. The van der Waals surface area contributed by atoms with Gasteiger partial charge >= 0.3 is 6.18 Å². The molecule has 9 nitrogen and oxygen atoms in total. The molecule has 0 bridgehead atoms. The van der Waals surface area contributed by atoms with Gasteiger partial charge in [-0.1, -0.05) is 42.5 Å². The largest absolute Gasteiger partial charge is 0.489 e. The number of nitrogens with two attached hydrogens (primary N) is 1. The molecular formula is C32H31ClF6N6O3. The molecule has 16 heteroatoms. The third kappa shape index (κ3) is 9.04. The number of ether oxygens (including phenoxy) is 1. The van der Waals surface area contributed by atoms with E-state index in [-0.39, 0.29) is 49.8 Å².